The number of anilines is 1. The normalized spacial score (nSPS) is 10.8. The van der Waals surface area contributed by atoms with Crippen molar-refractivity contribution in [3.05, 3.63) is 33.5 Å². The maximum atomic E-state index is 11.7. The molecule has 0 aromatic heterocycles. The quantitative estimate of drug-likeness (QED) is 0.445. The number of carbonyl (C=O) groups excluding carboxylic acids is 2. The summed E-state index contributed by atoms with van der Waals surface area (Å²) in [5.74, 6) is -0.772. The fourth-order valence-electron chi connectivity index (χ4n) is 1.46. The van der Waals surface area contributed by atoms with Gasteiger partial charge in [-0.25, -0.2) is 9.59 Å². The minimum atomic E-state index is -0.679. The molecule has 1 aromatic carbocycles. The van der Waals surface area contributed by atoms with E-state index >= 15 is 0 Å². The molecule has 1 N–H and O–H groups in total. The van der Waals surface area contributed by atoms with Gasteiger partial charge in [0, 0.05) is 3.57 Å². The second-order valence-corrected chi connectivity index (χ2v) is 5.02. The number of hydrogen-bond donors (Lipinski definition) is 1. The summed E-state index contributed by atoms with van der Waals surface area (Å²) in [6.45, 7) is 2.33. The SMILES string of the molecule is CCOc1ccc(I)cc1N/C(=C/C(=O)OC)C(=O)OC. The van der Waals surface area contributed by atoms with Crippen molar-refractivity contribution in [1.29, 1.82) is 0 Å². The van der Waals surface area contributed by atoms with Crippen LogP contribution in [0.25, 0.3) is 0 Å². The molecule has 0 unspecified atom stereocenters. The summed E-state index contributed by atoms with van der Waals surface area (Å²) >= 11 is 2.13. The molecular weight excluding hydrogens is 389 g/mol. The van der Waals surface area contributed by atoms with Gasteiger partial charge in [0.1, 0.15) is 11.4 Å². The Labute approximate surface area is 136 Å². The second kappa shape index (κ2) is 8.50. The van der Waals surface area contributed by atoms with E-state index in [-0.39, 0.29) is 5.70 Å². The summed E-state index contributed by atoms with van der Waals surface area (Å²) in [4.78, 5) is 23.0. The van der Waals surface area contributed by atoms with E-state index in [4.69, 9.17) is 4.74 Å². The van der Waals surface area contributed by atoms with E-state index < -0.39 is 11.9 Å². The van der Waals surface area contributed by atoms with Gasteiger partial charge >= 0.3 is 11.9 Å². The molecule has 0 aliphatic carbocycles. The van der Waals surface area contributed by atoms with Crippen LogP contribution in [0.4, 0.5) is 5.69 Å². The maximum absolute atomic E-state index is 11.7. The van der Waals surface area contributed by atoms with Gasteiger partial charge in [-0.15, -0.1) is 0 Å². The Balaban J connectivity index is 3.13. The van der Waals surface area contributed by atoms with Crippen molar-refractivity contribution in [3.63, 3.8) is 0 Å². The molecule has 0 fully saturated rings. The Bertz CT molecular complexity index is 556. The average Bonchev–Trinajstić information content (AvgIpc) is 2.48. The lowest BCUT2D eigenvalue weighted by atomic mass is 10.2. The molecule has 114 valence electrons. The predicted octanol–water partition coefficient (Wildman–Crippen LogP) is 2.33. The van der Waals surface area contributed by atoms with Crippen LogP contribution >= 0.6 is 22.6 Å². The Morgan fingerprint density at radius 2 is 2.00 bits per heavy atom. The first-order valence-electron chi connectivity index (χ1n) is 6.09. The molecule has 0 radical (unpaired) electrons. The molecule has 0 aliphatic rings. The summed E-state index contributed by atoms with van der Waals surface area (Å²) in [5.41, 5.74) is 0.525. The third-order valence-electron chi connectivity index (χ3n) is 2.38. The summed E-state index contributed by atoms with van der Waals surface area (Å²) in [6.07, 6.45) is 1.03. The molecule has 0 atom stereocenters. The van der Waals surface area contributed by atoms with Crippen molar-refractivity contribution < 1.29 is 23.8 Å². The van der Waals surface area contributed by atoms with Crippen molar-refractivity contribution >= 4 is 40.2 Å². The van der Waals surface area contributed by atoms with E-state index in [0.29, 0.717) is 18.0 Å². The van der Waals surface area contributed by atoms with Gasteiger partial charge in [-0.3, -0.25) is 0 Å². The van der Waals surface area contributed by atoms with Gasteiger partial charge < -0.3 is 19.5 Å². The maximum Gasteiger partial charge on any atom is 0.354 e. The zero-order valence-corrected chi connectivity index (χ0v) is 14.1. The average molecular weight is 405 g/mol. The summed E-state index contributed by atoms with van der Waals surface area (Å²) in [5, 5.41) is 2.85. The molecule has 6 nitrogen and oxygen atoms in total. The summed E-state index contributed by atoms with van der Waals surface area (Å²) in [6, 6.07) is 5.44. The monoisotopic (exact) mass is 405 g/mol. The molecule has 1 aromatic rings. The van der Waals surface area contributed by atoms with Crippen LogP contribution < -0.4 is 10.1 Å². The highest BCUT2D eigenvalue weighted by Crippen LogP contribution is 2.28. The fraction of sp³-hybridized carbons (Fsp3) is 0.286. The molecular formula is C14H16INO5. The Morgan fingerprint density at radius 3 is 2.57 bits per heavy atom. The van der Waals surface area contributed by atoms with Gasteiger partial charge in [-0.1, -0.05) is 0 Å². The van der Waals surface area contributed by atoms with Crippen LogP contribution in [0.5, 0.6) is 5.75 Å². The minimum absolute atomic E-state index is 0.0349. The highest BCUT2D eigenvalue weighted by Gasteiger charge is 2.15. The van der Waals surface area contributed by atoms with Crippen molar-refractivity contribution in [2.24, 2.45) is 0 Å². The molecule has 0 heterocycles. The number of hydrogen-bond acceptors (Lipinski definition) is 6. The van der Waals surface area contributed by atoms with Gasteiger partial charge in [0.2, 0.25) is 0 Å². The zero-order chi connectivity index (χ0) is 15.8. The van der Waals surface area contributed by atoms with E-state index in [2.05, 4.69) is 37.4 Å². The molecule has 0 saturated carbocycles. The standard InChI is InChI=1S/C14H16INO5/c1-4-21-12-6-5-9(15)7-10(12)16-11(14(18)20-3)8-13(17)19-2/h5-8,16H,4H2,1-3H3/b11-8+. The zero-order valence-electron chi connectivity index (χ0n) is 11.9. The molecule has 7 heteroatoms. The smallest absolute Gasteiger partial charge is 0.354 e. The lowest BCUT2D eigenvalue weighted by molar-refractivity contribution is -0.138. The highest BCUT2D eigenvalue weighted by molar-refractivity contribution is 14.1. The van der Waals surface area contributed by atoms with Crippen molar-refractivity contribution in [3.8, 4) is 5.75 Å². The lowest BCUT2D eigenvalue weighted by Crippen LogP contribution is -2.16. The van der Waals surface area contributed by atoms with Crippen LogP contribution in [-0.2, 0) is 19.1 Å². The van der Waals surface area contributed by atoms with E-state index in [1.54, 1.807) is 12.1 Å². The highest BCUT2D eigenvalue weighted by atomic mass is 127. The number of ether oxygens (including phenoxy) is 3. The lowest BCUT2D eigenvalue weighted by Gasteiger charge is -2.14. The summed E-state index contributed by atoms with van der Waals surface area (Å²) in [7, 11) is 2.46. The van der Waals surface area contributed by atoms with E-state index in [0.717, 1.165) is 9.65 Å². The first kappa shape index (κ1) is 17.3. The van der Waals surface area contributed by atoms with Gasteiger partial charge in [0.05, 0.1) is 32.6 Å². The molecule has 0 saturated heterocycles. The third kappa shape index (κ3) is 5.25. The first-order chi connectivity index (χ1) is 10.0. The molecule has 0 amide bonds. The van der Waals surface area contributed by atoms with Crippen molar-refractivity contribution in [2.45, 2.75) is 6.92 Å². The second-order valence-electron chi connectivity index (χ2n) is 3.77. The van der Waals surface area contributed by atoms with Gasteiger partial charge in [-0.05, 0) is 47.7 Å². The largest absolute Gasteiger partial charge is 0.492 e. The third-order valence-corrected chi connectivity index (χ3v) is 3.05. The molecule has 0 bridgehead atoms. The number of nitrogens with one attached hydrogen (secondary N) is 1. The van der Waals surface area contributed by atoms with E-state index in [1.807, 2.05) is 13.0 Å². The van der Waals surface area contributed by atoms with E-state index in [1.165, 1.54) is 14.2 Å². The Kier molecular flexibility index (Phi) is 7.00. The van der Waals surface area contributed by atoms with Crippen LogP contribution in [0.1, 0.15) is 6.92 Å². The molecule has 21 heavy (non-hydrogen) atoms. The van der Waals surface area contributed by atoms with E-state index in [9.17, 15) is 9.59 Å². The van der Waals surface area contributed by atoms with Crippen molar-refractivity contribution in [1.82, 2.24) is 0 Å². The van der Waals surface area contributed by atoms with Crippen LogP contribution in [0.3, 0.4) is 0 Å². The van der Waals surface area contributed by atoms with Crippen LogP contribution in [-0.4, -0.2) is 32.8 Å². The number of rotatable bonds is 6. The molecule has 0 aliphatic heterocycles. The Hall–Kier alpha value is -1.77. The number of methoxy groups -OCH3 is 2. The first-order valence-corrected chi connectivity index (χ1v) is 7.17. The fourth-order valence-corrected chi connectivity index (χ4v) is 1.95. The van der Waals surface area contributed by atoms with Gasteiger partial charge in [0.25, 0.3) is 0 Å². The number of esters is 2. The van der Waals surface area contributed by atoms with Gasteiger partial charge in [0.15, 0.2) is 0 Å². The van der Waals surface area contributed by atoms with Crippen LogP contribution in [0.15, 0.2) is 30.0 Å². The minimum Gasteiger partial charge on any atom is -0.492 e. The topological polar surface area (TPSA) is 73.9 Å². The van der Waals surface area contributed by atoms with Gasteiger partial charge in [-0.2, -0.15) is 0 Å². The van der Waals surface area contributed by atoms with Crippen LogP contribution in [0, 0.1) is 3.57 Å². The Morgan fingerprint density at radius 1 is 1.29 bits per heavy atom. The number of carbonyl (C=O) groups is 2. The van der Waals surface area contributed by atoms with Crippen molar-refractivity contribution in [2.75, 3.05) is 26.1 Å². The molecule has 0 spiro atoms. The summed E-state index contributed by atoms with van der Waals surface area (Å²) < 4.78 is 15.6. The number of benzene rings is 1. The number of halogens is 1. The predicted molar refractivity (Wildman–Crippen MR) is 86.1 cm³/mol. The molecule has 1 rings (SSSR count). The van der Waals surface area contributed by atoms with Crippen LogP contribution in [0.2, 0.25) is 0 Å².